The van der Waals surface area contributed by atoms with Gasteiger partial charge in [0, 0.05) is 40.8 Å². The van der Waals surface area contributed by atoms with Crippen molar-refractivity contribution in [3.8, 4) is 0 Å². The second-order valence-electron chi connectivity index (χ2n) is 8.86. The van der Waals surface area contributed by atoms with E-state index < -0.39 is 35.9 Å². The van der Waals surface area contributed by atoms with E-state index in [0.29, 0.717) is 23.6 Å². The van der Waals surface area contributed by atoms with Crippen molar-refractivity contribution in [1.29, 1.82) is 0 Å². The van der Waals surface area contributed by atoms with Crippen molar-refractivity contribution < 1.29 is 24.3 Å². The third-order valence-corrected chi connectivity index (χ3v) is 6.19. The van der Waals surface area contributed by atoms with E-state index in [-0.39, 0.29) is 19.4 Å². The number of carboxylic acid groups (broad SMARTS) is 1. The van der Waals surface area contributed by atoms with Crippen LogP contribution in [0.1, 0.15) is 38.2 Å². The molecule has 4 amide bonds. The van der Waals surface area contributed by atoms with Gasteiger partial charge in [-0.25, -0.2) is 4.79 Å². The van der Waals surface area contributed by atoms with Crippen LogP contribution >= 0.6 is 11.6 Å². The molecular weight excluding hydrogens is 510 g/mol. The normalized spacial score (nSPS) is 12.4. The van der Waals surface area contributed by atoms with Gasteiger partial charge in [-0.05, 0) is 42.3 Å². The molecular formula is C27H32ClN5O5. The maximum atomic E-state index is 13.3. The quantitative estimate of drug-likeness (QED) is 0.194. The number of urea groups is 1. The third kappa shape index (κ3) is 8.52. The van der Waals surface area contributed by atoms with Gasteiger partial charge >= 0.3 is 12.0 Å². The molecule has 10 nitrogen and oxygen atoms in total. The maximum absolute atomic E-state index is 13.3. The lowest BCUT2D eigenvalue weighted by atomic mass is 10.0. The van der Waals surface area contributed by atoms with Crippen LogP contribution in [0, 0.1) is 0 Å². The Balaban J connectivity index is 1.74. The number of benzene rings is 2. The number of fused-ring (bicyclic) bond motifs is 1. The van der Waals surface area contributed by atoms with E-state index in [2.05, 4.69) is 26.3 Å². The predicted octanol–water partition coefficient (Wildman–Crippen LogP) is 3.82. The highest BCUT2D eigenvalue weighted by atomic mass is 35.5. The van der Waals surface area contributed by atoms with Crippen molar-refractivity contribution in [3.05, 3.63) is 65.3 Å². The van der Waals surface area contributed by atoms with Gasteiger partial charge in [0.05, 0.1) is 6.42 Å². The van der Waals surface area contributed by atoms with Crippen molar-refractivity contribution in [2.45, 2.75) is 51.1 Å². The van der Waals surface area contributed by atoms with Gasteiger partial charge in [-0.3, -0.25) is 14.4 Å². The van der Waals surface area contributed by atoms with Crippen LogP contribution < -0.4 is 21.3 Å². The highest BCUT2D eigenvalue weighted by Gasteiger charge is 2.27. The molecule has 2 aromatic carbocycles. The smallest absolute Gasteiger partial charge is 0.319 e. The number of carbonyl (C=O) groups is 4. The molecule has 2 atom stereocenters. The van der Waals surface area contributed by atoms with Crippen LogP contribution in [0.15, 0.2) is 54.7 Å². The number of aliphatic carboxylic acids is 1. The molecule has 0 radical (unpaired) electrons. The van der Waals surface area contributed by atoms with Crippen LogP contribution in [0.25, 0.3) is 10.9 Å². The zero-order valence-corrected chi connectivity index (χ0v) is 21.8. The van der Waals surface area contributed by atoms with E-state index in [1.807, 2.05) is 31.2 Å². The van der Waals surface area contributed by atoms with Gasteiger partial charge in [0.25, 0.3) is 0 Å². The number of para-hydroxylation sites is 1. The van der Waals surface area contributed by atoms with Gasteiger partial charge in [-0.15, -0.1) is 0 Å². The summed E-state index contributed by atoms with van der Waals surface area (Å²) in [6.45, 7) is 1.90. The summed E-state index contributed by atoms with van der Waals surface area (Å²) < 4.78 is 0. The first-order valence-corrected chi connectivity index (χ1v) is 12.8. The van der Waals surface area contributed by atoms with Crippen LogP contribution in [0.3, 0.4) is 0 Å². The third-order valence-electron chi connectivity index (χ3n) is 5.94. The molecule has 38 heavy (non-hydrogen) atoms. The molecule has 0 aliphatic carbocycles. The molecule has 2 unspecified atom stereocenters. The predicted molar refractivity (Wildman–Crippen MR) is 146 cm³/mol. The van der Waals surface area contributed by atoms with E-state index in [4.69, 9.17) is 16.7 Å². The molecule has 0 fully saturated rings. The van der Waals surface area contributed by atoms with Crippen LogP contribution in [-0.2, 0) is 20.8 Å². The first-order valence-electron chi connectivity index (χ1n) is 12.4. The number of hydrogen-bond donors (Lipinski definition) is 6. The molecule has 1 aromatic heterocycles. The lowest BCUT2D eigenvalue weighted by molar-refractivity contribution is -0.137. The van der Waals surface area contributed by atoms with Crippen LogP contribution in [0.4, 0.5) is 10.5 Å². The summed E-state index contributed by atoms with van der Waals surface area (Å²) in [4.78, 5) is 53.0. The summed E-state index contributed by atoms with van der Waals surface area (Å²) in [5.74, 6) is -2.06. The molecule has 6 N–H and O–H groups in total. The molecule has 3 rings (SSSR count). The van der Waals surface area contributed by atoms with Gasteiger partial charge in [0.15, 0.2) is 0 Å². The van der Waals surface area contributed by atoms with E-state index in [1.165, 1.54) is 0 Å². The molecule has 0 saturated heterocycles. The fourth-order valence-corrected chi connectivity index (χ4v) is 4.08. The molecule has 0 saturated carbocycles. The first-order chi connectivity index (χ1) is 18.3. The number of aromatic nitrogens is 1. The standard InChI is InChI=1S/C27H32ClN5O5/c1-2-3-7-22(33-27(38)31-19-11-9-18(28)10-12-19)26(37)32-23(25(36)29-14-13-24(34)35)15-17-16-30-21-8-5-4-6-20(17)21/h4-6,8-12,16,22-23,30H,2-3,7,13-15H2,1H3,(H,29,36)(H,32,37)(H,34,35)(H2,31,33,38). The Labute approximate surface area is 225 Å². The number of unbranched alkanes of at least 4 members (excludes halogenated alkanes) is 1. The van der Waals surface area contributed by atoms with Crippen molar-refractivity contribution >= 4 is 52.0 Å². The maximum Gasteiger partial charge on any atom is 0.319 e. The number of hydrogen-bond acceptors (Lipinski definition) is 4. The lowest BCUT2D eigenvalue weighted by Crippen LogP contribution is -2.55. The fraction of sp³-hybridized carbons (Fsp3) is 0.333. The van der Waals surface area contributed by atoms with E-state index in [1.54, 1.807) is 30.5 Å². The van der Waals surface area contributed by atoms with Crippen molar-refractivity contribution in [2.24, 2.45) is 0 Å². The Bertz CT molecular complexity index is 1260. The zero-order valence-electron chi connectivity index (χ0n) is 21.1. The van der Waals surface area contributed by atoms with Crippen molar-refractivity contribution in [2.75, 3.05) is 11.9 Å². The topological polar surface area (TPSA) is 152 Å². The number of anilines is 1. The summed E-state index contributed by atoms with van der Waals surface area (Å²) in [7, 11) is 0. The summed E-state index contributed by atoms with van der Waals surface area (Å²) in [6, 6.07) is 11.7. The van der Waals surface area contributed by atoms with E-state index >= 15 is 0 Å². The largest absolute Gasteiger partial charge is 0.481 e. The molecule has 1 heterocycles. The van der Waals surface area contributed by atoms with Gasteiger partial charge in [0.2, 0.25) is 11.8 Å². The van der Waals surface area contributed by atoms with Crippen LogP contribution in [0.2, 0.25) is 5.02 Å². The summed E-state index contributed by atoms with van der Waals surface area (Å²) in [5, 5.41) is 21.1. The van der Waals surface area contributed by atoms with Crippen molar-refractivity contribution in [3.63, 3.8) is 0 Å². The number of carbonyl (C=O) groups excluding carboxylic acids is 3. The molecule has 202 valence electrons. The first kappa shape index (κ1) is 28.5. The Morgan fingerprint density at radius 3 is 2.42 bits per heavy atom. The highest BCUT2D eigenvalue weighted by Crippen LogP contribution is 2.19. The summed E-state index contributed by atoms with van der Waals surface area (Å²) >= 11 is 5.89. The second kappa shape index (κ2) is 14.0. The Morgan fingerprint density at radius 1 is 0.974 bits per heavy atom. The number of rotatable bonds is 13. The summed E-state index contributed by atoms with van der Waals surface area (Å²) in [6.07, 6.45) is 3.56. The molecule has 0 bridgehead atoms. The molecule has 11 heteroatoms. The number of nitrogens with one attached hydrogen (secondary N) is 5. The average molecular weight is 542 g/mol. The molecule has 0 aliphatic heterocycles. The fourth-order valence-electron chi connectivity index (χ4n) is 3.95. The zero-order chi connectivity index (χ0) is 27.5. The van der Waals surface area contributed by atoms with Gasteiger partial charge < -0.3 is 31.4 Å². The Morgan fingerprint density at radius 2 is 1.71 bits per heavy atom. The minimum Gasteiger partial charge on any atom is -0.481 e. The van der Waals surface area contributed by atoms with Crippen LogP contribution in [-0.4, -0.2) is 52.5 Å². The number of halogens is 1. The molecule has 3 aromatic rings. The van der Waals surface area contributed by atoms with Crippen LogP contribution in [0.5, 0.6) is 0 Å². The number of H-pyrrole nitrogens is 1. The van der Waals surface area contributed by atoms with E-state index in [0.717, 1.165) is 22.9 Å². The van der Waals surface area contributed by atoms with Gasteiger partial charge in [-0.2, -0.15) is 0 Å². The summed E-state index contributed by atoms with van der Waals surface area (Å²) in [5.41, 5.74) is 2.22. The monoisotopic (exact) mass is 541 g/mol. The number of carboxylic acids is 1. The van der Waals surface area contributed by atoms with E-state index in [9.17, 15) is 19.2 Å². The Hall–Kier alpha value is -4.05. The molecule has 0 aliphatic rings. The van der Waals surface area contributed by atoms with Gasteiger partial charge in [0.1, 0.15) is 12.1 Å². The minimum absolute atomic E-state index is 0.0740. The Kier molecular flexibility index (Phi) is 10.5. The highest BCUT2D eigenvalue weighted by molar-refractivity contribution is 6.30. The minimum atomic E-state index is -1.04. The van der Waals surface area contributed by atoms with Gasteiger partial charge in [-0.1, -0.05) is 49.6 Å². The number of aromatic amines is 1. The lowest BCUT2D eigenvalue weighted by Gasteiger charge is -2.23. The SMILES string of the molecule is CCCCC(NC(=O)Nc1ccc(Cl)cc1)C(=O)NC(Cc1c[nH]c2ccccc12)C(=O)NCCC(=O)O. The number of amides is 4. The molecule has 0 spiro atoms. The second-order valence-corrected chi connectivity index (χ2v) is 9.30. The average Bonchev–Trinajstić information content (AvgIpc) is 3.30. The van der Waals surface area contributed by atoms with Crippen molar-refractivity contribution in [1.82, 2.24) is 20.9 Å².